The molecule has 0 aromatic carbocycles. The van der Waals surface area contributed by atoms with E-state index in [1.165, 1.54) is 5.56 Å². The van der Waals surface area contributed by atoms with E-state index in [0.717, 1.165) is 51.0 Å². The average molecular weight is 328 g/mol. The predicted octanol–water partition coefficient (Wildman–Crippen LogP) is 2.33. The Kier molecular flexibility index (Phi) is 4.96. The number of carbonyl (C=O) groups is 1. The van der Waals surface area contributed by atoms with E-state index in [9.17, 15) is 4.79 Å². The highest BCUT2D eigenvalue weighted by Crippen LogP contribution is 2.33. The molecule has 0 unspecified atom stereocenters. The van der Waals surface area contributed by atoms with Crippen LogP contribution in [0, 0.1) is 30.1 Å². The van der Waals surface area contributed by atoms with Gasteiger partial charge in [0, 0.05) is 44.3 Å². The maximum absolute atomic E-state index is 12.3. The standard InChI is InChI=1S/C19H28N4O/c1-4-14-12-23(19(24)15-5-6-15)8-7-18(14)21-11-16-9-17(10-20)22(3)13(16)2/h9,14-15,18,21H,4-8,11-12H2,1-3H3/t14-,18+/m1/s1. The van der Waals surface area contributed by atoms with Gasteiger partial charge < -0.3 is 14.8 Å². The monoisotopic (exact) mass is 328 g/mol. The summed E-state index contributed by atoms with van der Waals surface area (Å²) >= 11 is 0. The molecular weight excluding hydrogens is 300 g/mol. The summed E-state index contributed by atoms with van der Waals surface area (Å²) in [6.07, 6.45) is 4.28. The van der Waals surface area contributed by atoms with Gasteiger partial charge in [-0.3, -0.25) is 4.79 Å². The number of nitrogens with zero attached hydrogens (tertiary/aromatic N) is 3. The van der Waals surface area contributed by atoms with Crippen molar-refractivity contribution < 1.29 is 4.79 Å². The third-order valence-corrected chi connectivity index (χ3v) is 5.81. The number of hydrogen-bond donors (Lipinski definition) is 1. The molecule has 3 rings (SSSR count). The van der Waals surface area contributed by atoms with Crippen LogP contribution >= 0.6 is 0 Å². The Morgan fingerprint density at radius 1 is 1.42 bits per heavy atom. The van der Waals surface area contributed by atoms with Crippen LogP contribution < -0.4 is 5.32 Å². The van der Waals surface area contributed by atoms with Crippen LogP contribution in [0.4, 0.5) is 0 Å². The van der Waals surface area contributed by atoms with Gasteiger partial charge in [0.05, 0.1) is 0 Å². The van der Waals surface area contributed by atoms with Crippen molar-refractivity contribution in [3.05, 3.63) is 23.0 Å². The first-order valence-corrected chi connectivity index (χ1v) is 9.12. The Hall–Kier alpha value is -1.80. The lowest BCUT2D eigenvalue weighted by Crippen LogP contribution is -2.51. The van der Waals surface area contributed by atoms with Crippen LogP contribution in [0.2, 0.25) is 0 Å². The normalized spacial score (nSPS) is 24.0. The van der Waals surface area contributed by atoms with E-state index >= 15 is 0 Å². The molecule has 2 atom stereocenters. The second kappa shape index (κ2) is 6.98. The Morgan fingerprint density at radius 2 is 2.17 bits per heavy atom. The Morgan fingerprint density at radius 3 is 2.75 bits per heavy atom. The van der Waals surface area contributed by atoms with Crippen LogP contribution in [0.5, 0.6) is 0 Å². The largest absolute Gasteiger partial charge is 0.342 e. The summed E-state index contributed by atoms with van der Waals surface area (Å²) < 4.78 is 1.95. The summed E-state index contributed by atoms with van der Waals surface area (Å²) in [5, 5.41) is 12.8. The molecule has 1 aliphatic carbocycles. The molecule has 1 aromatic rings. The fraction of sp³-hybridized carbons (Fsp3) is 0.684. The van der Waals surface area contributed by atoms with Gasteiger partial charge in [-0.2, -0.15) is 5.26 Å². The molecule has 5 heteroatoms. The van der Waals surface area contributed by atoms with E-state index in [-0.39, 0.29) is 0 Å². The lowest BCUT2D eigenvalue weighted by Gasteiger charge is -2.39. The highest BCUT2D eigenvalue weighted by Gasteiger charge is 2.37. The van der Waals surface area contributed by atoms with Gasteiger partial charge in [-0.25, -0.2) is 0 Å². The molecule has 0 radical (unpaired) electrons. The molecule has 5 nitrogen and oxygen atoms in total. The SMILES string of the molecule is CC[C@@H]1CN(C(=O)C2CC2)CC[C@@H]1NCc1cc(C#N)n(C)c1C. The van der Waals surface area contributed by atoms with Crippen molar-refractivity contribution in [2.75, 3.05) is 13.1 Å². The van der Waals surface area contributed by atoms with Gasteiger partial charge in [-0.1, -0.05) is 13.3 Å². The smallest absolute Gasteiger partial charge is 0.225 e. The number of likely N-dealkylation sites (tertiary alicyclic amines) is 1. The average Bonchev–Trinajstić information content (AvgIpc) is 3.41. The third kappa shape index (κ3) is 3.34. The molecule has 1 N–H and O–H groups in total. The van der Waals surface area contributed by atoms with Crippen molar-refractivity contribution in [1.82, 2.24) is 14.8 Å². The Balaban J connectivity index is 1.59. The molecule has 130 valence electrons. The second-order valence-electron chi connectivity index (χ2n) is 7.31. The van der Waals surface area contributed by atoms with Gasteiger partial charge in [-0.15, -0.1) is 0 Å². The van der Waals surface area contributed by atoms with Crippen molar-refractivity contribution in [3.63, 3.8) is 0 Å². The van der Waals surface area contributed by atoms with Gasteiger partial charge in [0.15, 0.2) is 0 Å². The summed E-state index contributed by atoms with van der Waals surface area (Å²) in [6.45, 7) is 6.83. The van der Waals surface area contributed by atoms with E-state index in [0.29, 0.717) is 29.5 Å². The van der Waals surface area contributed by atoms with Crippen LogP contribution in [0.15, 0.2) is 6.07 Å². The first-order valence-electron chi connectivity index (χ1n) is 9.12. The number of amides is 1. The summed E-state index contributed by atoms with van der Waals surface area (Å²) in [6, 6.07) is 4.67. The van der Waals surface area contributed by atoms with E-state index in [4.69, 9.17) is 5.26 Å². The maximum Gasteiger partial charge on any atom is 0.225 e. The maximum atomic E-state index is 12.3. The minimum atomic E-state index is 0.323. The fourth-order valence-electron chi connectivity index (χ4n) is 3.79. The molecule has 2 aliphatic rings. The number of nitrogens with one attached hydrogen (secondary N) is 1. The Labute approximate surface area is 144 Å². The molecule has 1 aromatic heterocycles. The minimum Gasteiger partial charge on any atom is -0.342 e. The number of rotatable bonds is 5. The van der Waals surface area contributed by atoms with Gasteiger partial charge in [0.1, 0.15) is 11.8 Å². The van der Waals surface area contributed by atoms with Crippen molar-refractivity contribution in [1.29, 1.82) is 5.26 Å². The summed E-state index contributed by atoms with van der Waals surface area (Å²) in [7, 11) is 1.94. The molecule has 0 spiro atoms. The molecule has 1 amide bonds. The molecule has 1 saturated heterocycles. The quantitative estimate of drug-likeness (QED) is 0.902. The summed E-state index contributed by atoms with van der Waals surface area (Å²) in [5.74, 6) is 1.22. The number of aromatic nitrogens is 1. The van der Waals surface area contributed by atoms with E-state index in [1.54, 1.807) is 0 Å². The zero-order valence-corrected chi connectivity index (χ0v) is 15.0. The number of hydrogen-bond acceptors (Lipinski definition) is 3. The van der Waals surface area contributed by atoms with Gasteiger partial charge in [-0.05, 0) is 43.7 Å². The fourth-order valence-corrected chi connectivity index (χ4v) is 3.79. The highest BCUT2D eigenvalue weighted by atomic mass is 16.2. The van der Waals surface area contributed by atoms with Crippen LogP contribution in [0.1, 0.15) is 49.6 Å². The predicted molar refractivity (Wildman–Crippen MR) is 93.2 cm³/mol. The molecule has 2 fully saturated rings. The van der Waals surface area contributed by atoms with E-state index in [2.05, 4.69) is 30.1 Å². The van der Waals surface area contributed by atoms with Crippen molar-refractivity contribution in [2.45, 2.75) is 52.1 Å². The number of nitriles is 1. The first kappa shape index (κ1) is 17.0. The minimum absolute atomic E-state index is 0.323. The zero-order chi connectivity index (χ0) is 17.3. The van der Waals surface area contributed by atoms with Crippen molar-refractivity contribution in [2.24, 2.45) is 18.9 Å². The van der Waals surface area contributed by atoms with Crippen LogP contribution in [0.3, 0.4) is 0 Å². The Bertz CT molecular complexity index is 653. The van der Waals surface area contributed by atoms with Crippen LogP contribution in [0.25, 0.3) is 0 Å². The third-order valence-electron chi connectivity index (χ3n) is 5.81. The lowest BCUT2D eigenvalue weighted by molar-refractivity contribution is -0.134. The number of carbonyl (C=O) groups excluding carboxylic acids is 1. The number of piperidine rings is 1. The second-order valence-corrected chi connectivity index (χ2v) is 7.31. The van der Waals surface area contributed by atoms with Gasteiger partial charge >= 0.3 is 0 Å². The molecule has 0 bridgehead atoms. The molecule has 1 aliphatic heterocycles. The van der Waals surface area contributed by atoms with Crippen molar-refractivity contribution >= 4 is 5.91 Å². The summed E-state index contributed by atoms with van der Waals surface area (Å²) in [5.41, 5.74) is 3.05. The van der Waals surface area contributed by atoms with E-state index < -0.39 is 0 Å². The van der Waals surface area contributed by atoms with Gasteiger partial charge in [0.2, 0.25) is 5.91 Å². The molecule has 24 heavy (non-hydrogen) atoms. The molecule has 1 saturated carbocycles. The van der Waals surface area contributed by atoms with Crippen molar-refractivity contribution in [3.8, 4) is 6.07 Å². The van der Waals surface area contributed by atoms with Gasteiger partial charge in [0.25, 0.3) is 0 Å². The lowest BCUT2D eigenvalue weighted by atomic mass is 9.89. The summed E-state index contributed by atoms with van der Waals surface area (Å²) in [4.78, 5) is 14.4. The molecular formula is C19H28N4O. The molecule has 2 heterocycles. The highest BCUT2D eigenvalue weighted by molar-refractivity contribution is 5.81. The van der Waals surface area contributed by atoms with Crippen LogP contribution in [-0.2, 0) is 18.4 Å². The van der Waals surface area contributed by atoms with E-state index in [1.807, 2.05) is 17.7 Å². The first-order chi connectivity index (χ1) is 11.5. The zero-order valence-electron chi connectivity index (χ0n) is 15.0. The van der Waals surface area contributed by atoms with Crippen LogP contribution in [-0.4, -0.2) is 34.5 Å². The topological polar surface area (TPSA) is 61.1 Å².